The topological polar surface area (TPSA) is 58.0 Å². The van der Waals surface area contributed by atoms with Crippen molar-refractivity contribution in [2.45, 2.75) is 64.5 Å². The van der Waals surface area contributed by atoms with Gasteiger partial charge < -0.3 is 10.4 Å². The minimum atomic E-state index is -3.75. The first kappa shape index (κ1) is 23.0. The van der Waals surface area contributed by atoms with Gasteiger partial charge in [0.2, 0.25) is 0 Å². The molecule has 1 aromatic heterocycles. The lowest BCUT2D eigenvalue weighted by molar-refractivity contribution is -0.170. The number of rotatable bonds is 5. The molecule has 2 N–H and O–H groups in total. The Kier molecular flexibility index (Phi) is 5.74. The highest BCUT2D eigenvalue weighted by Crippen LogP contribution is 2.42. The van der Waals surface area contributed by atoms with Crippen LogP contribution in [0.2, 0.25) is 0 Å². The number of hydrogen-bond donors (Lipinski definition) is 2. The molecule has 32 heavy (non-hydrogen) atoms. The average Bonchev–Trinajstić information content (AvgIpc) is 3.19. The second-order valence-electron chi connectivity index (χ2n) is 8.89. The maximum Gasteiger partial charge on any atom is 0.303 e. The number of halogens is 4. The summed E-state index contributed by atoms with van der Waals surface area (Å²) in [6.45, 7) is 5.42. The maximum absolute atomic E-state index is 15.2. The third-order valence-electron chi connectivity index (χ3n) is 6.08. The first-order chi connectivity index (χ1) is 14.9. The van der Waals surface area contributed by atoms with Crippen LogP contribution in [0.15, 0.2) is 28.7 Å². The van der Waals surface area contributed by atoms with Crippen LogP contribution >= 0.6 is 15.9 Å². The van der Waals surface area contributed by atoms with Crippen LogP contribution in [0.1, 0.15) is 61.3 Å². The first-order valence-corrected chi connectivity index (χ1v) is 11.4. The SMILES string of the molecule is Cc1nc(N[C@H](C)c2cccc(C(F)(F)C(C)(C)O)c2F)c2cc(Br)c3c(c2n1)CCC3. The zero-order valence-corrected chi connectivity index (χ0v) is 19.9. The van der Waals surface area contributed by atoms with Crippen LogP contribution in [-0.2, 0) is 18.8 Å². The Morgan fingerprint density at radius 3 is 2.53 bits per heavy atom. The van der Waals surface area contributed by atoms with E-state index in [1.807, 2.05) is 6.07 Å². The second kappa shape index (κ2) is 7.99. The number of aryl methyl sites for hydroxylation is 2. The fourth-order valence-corrected chi connectivity index (χ4v) is 4.95. The van der Waals surface area contributed by atoms with Crippen LogP contribution in [0.5, 0.6) is 0 Å². The predicted octanol–water partition coefficient (Wildman–Crippen LogP) is 6.36. The van der Waals surface area contributed by atoms with Crippen molar-refractivity contribution in [3.8, 4) is 0 Å². The van der Waals surface area contributed by atoms with Crippen LogP contribution in [0.25, 0.3) is 10.9 Å². The maximum atomic E-state index is 15.2. The Morgan fingerprint density at radius 1 is 1.16 bits per heavy atom. The molecule has 4 nitrogen and oxygen atoms in total. The molecule has 170 valence electrons. The van der Waals surface area contributed by atoms with E-state index < -0.39 is 28.9 Å². The minimum Gasteiger partial charge on any atom is -0.384 e. The predicted molar refractivity (Wildman–Crippen MR) is 123 cm³/mol. The molecule has 1 aliphatic carbocycles. The standard InChI is InChI=1S/C24H25BrF3N3O/c1-12(14-7-6-10-18(20(14)26)24(27,28)23(3,4)32)29-22-17-11-19(25)15-8-5-9-16(15)21(17)30-13(2)31-22/h6-7,10-12,32H,5,8-9H2,1-4H3,(H,29,30,31)/t12-/m1/s1. The van der Waals surface area contributed by atoms with E-state index in [1.165, 1.54) is 23.3 Å². The summed E-state index contributed by atoms with van der Waals surface area (Å²) in [7, 11) is 0. The highest BCUT2D eigenvalue weighted by atomic mass is 79.9. The largest absolute Gasteiger partial charge is 0.384 e. The summed E-state index contributed by atoms with van der Waals surface area (Å²) in [4.78, 5) is 9.17. The number of alkyl halides is 2. The van der Waals surface area contributed by atoms with Gasteiger partial charge in [0.05, 0.1) is 17.1 Å². The van der Waals surface area contributed by atoms with Crippen molar-refractivity contribution in [1.82, 2.24) is 9.97 Å². The van der Waals surface area contributed by atoms with Crippen molar-refractivity contribution < 1.29 is 18.3 Å². The van der Waals surface area contributed by atoms with Crippen LogP contribution < -0.4 is 5.32 Å². The Bertz CT molecular complexity index is 1210. The number of benzene rings is 2. The molecule has 0 amide bonds. The number of nitrogens with one attached hydrogen (secondary N) is 1. The van der Waals surface area contributed by atoms with Gasteiger partial charge in [-0.05, 0) is 70.2 Å². The van der Waals surface area contributed by atoms with Gasteiger partial charge in [-0.2, -0.15) is 8.78 Å². The third kappa shape index (κ3) is 3.77. The second-order valence-corrected chi connectivity index (χ2v) is 9.75. The Labute approximate surface area is 193 Å². The van der Waals surface area contributed by atoms with Crippen molar-refractivity contribution in [2.24, 2.45) is 0 Å². The minimum absolute atomic E-state index is 0.0658. The van der Waals surface area contributed by atoms with Crippen LogP contribution in [0.3, 0.4) is 0 Å². The molecule has 1 atom stereocenters. The van der Waals surface area contributed by atoms with E-state index in [0.717, 1.165) is 54.6 Å². The Hall–Kier alpha value is -2.19. The number of aliphatic hydroxyl groups is 1. The van der Waals surface area contributed by atoms with Gasteiger partial charge in [-0.25, -0.2) is 14.4 Å². The van der Waals surface area contributed by atoms with Gasteiger partial charge in [-0.1, -0.05) is 28.1 Å². The summed E-state index contributed by atoms with van der Waals surface area (Å²) in [5.41, 5.74) is 0.133. The molecule has 0 saturated carbocycles. The molecule has 2 aromatic carbocycles. The number of aromatic nitrogens is 2. The van der Waals surface area contributed by atoms with Gasteiger partial charge in [-0.3, -0.25) is 0 Å². The number of anilines is 1. The molecule has 0 saturated heterocycles. The van der Waals surface area contributed by atoms with E-state index in [1.54, 1.807) is 13.8 Å². The lowest BCUT2D eigenvalue weighted by Gasteiger charge is -2.30. The Morgan fingerprint density at radius 2 is 1.84 bits per heavy atom. The molecular formula is C24H25BrF3N3O. The summed E-state index contributed by atoms with van der Waals surface area (Å²) >= 11 is 3.64. The summed E-state index contributed by atoms with van der Waals surface area (Å²) < 4.78 is 45.6. The van der Waals surface area contributed by atoms with Crippen molar-refractivity contribution >= 4 is 32.7 Å². The summed E-state index contributed by atoms with van der Waals surface area (Å²) in [6, 6.07) is 5.15. The van der Waals surface area contributed by atoms with Crippen LogP contribution in [0.4, 0.5) is 19.0 Å². The lowest BCUT2D eigenvalue weighted by Crippen LogP contribution is -2.41. The normalized spacial score (nSPS) is 15.2. The first-order valence-electron chi connectivity index (χ1n) is 10.6. The van der Waals surface area contributed by atoms with Gasteiger partial charge in [0.15, 0.2) is 0 Å². The zero-order chi connectivity index (χ0) is 23.4. The molecule has 8 heteroatoms. The zero-order valence-electron chi connectivity index (χ0n) is 18.4. The quantitative estimate of drug-likeness (QED) is 0.421. The molecule has 0 fully saturated rings. The smallest absolute Gasteiger partial charge is 0.303 e. The summed E-state index contributed by atoms with van der Waals surface area (Å²) in [6.07, 6.45) is 2.98. The Balaban J connectivity index is 1.77. The molecule has 0 radical (unpaired) electrons. The molecular weight excluding hydrogens is 483 g/mol. The van der Waals surface area contributed by atoms with Crippen molar-refractivity contribution in [1.29, 1.82) is 0 Å². The fourth-order valence-electron chi connectivity index (χ4n) is 4.28. The van der Waals surface area contributed by atoms with E-state index in [2.05, 4.69) is 31.2 Å². The van der Waals surface area contributed by atoms with Gasteiger partial charge in [0, 0.05) is 15.4 Å². The van der Waals surface area contributed by atoms with Crippen molar-refractivity contribution in [2.75, 3.05) is 5.32 Å². The third-order valence-corrected chi connectivity index (χ3v) is 6.78. The van der Waals surface area contributed by atoms with Gasteiger partial charge in [-0.15, -0.1) is 0 Å². The van der Waals surface area contributed by atoms with Crippen molar-refractivity contribution in [3.63, 3.8) is 0 Å². The molecule has 0 unspecified atom stereocenters. The summed E-state index contributed by atoms with van der Waals surface area (Å²) in [5, 5.41) is 13.9. The number of fused-ring (bicyclic) bond motifs is 3. The monoisotopic (exact) mass is 507 g/mol. The number of hydrogen-bond acceptors (Lipinski definition) is 4. The molecule has 4 rings (SSSR count). The molecule has 0 aliphatic heterocycles. The average molecular weight is 508 g/mol. The van der Waals surface area contributed by atoms with Gasteiger partial charge in [0.25, 0.3) is 0 Å². The van der Waals surface area contributed by atoms with Gasteiger partial charge in [0.1, 0.15) is 23.1 Å². The van der Waals surface area contributed by atoms with Crippen molar-refractivity contribution in [3.05, 3.63) is 62.6 Å². The number of nitrogens with zero attached hydrogens (tertiary/aromatic N) is 2. The van der Waals surface area contributed by atoms with E-state index >= 15 is 4.39 Å². The summed E-state index contributed by atoms with van der Waals surface area (Å²) in [5.74, 6) is -3.70. The molecule has 1 heterocycles. The molecule has 0 bridgehead atoms. The van der Waals surface area contributed by atoms with Gasteiger partial charge >= 0.3 is 5.92 Å². The van der Waals surface area contributed by atoms with Crippen LogP contribution in [0, 0.1) is 12.7 Å². The highest BCUT2D eigenvalue weighted by Gasteiger charge is 2.49. The molecule has 1 aliphatic rings. The lowest BCUT2D eigenvalue weighted by atomic mass is 9.91. The van der Waals surface area contributed by atoms with E-state index in [0.29, 0.717) is 11.6 Å². The van der Waals surface area contributed by atoms with E-state index in [9.17, 15) is 13.9 Å². The molecule has 0 spiro atoms. The van der Waals surface area contributed by atoms with E-state index in [-0.39, 0.29) is 5.56 Å². The van der Waals surface area contributed by atoms with E-state index in [4.69, 9.17) is 0 Å². The van der Waals surface area contributed by atoms with Crippen LogP contribution in [-0.4, -0.2) is 20.7 Å². The fraction of sp³-hybridized carbons (Fsp3) is 0.417. The molecule has 3 aromatic rings. The highest BCUT2D eigenvalue weighted by molar-refractivity contribution is 9.10.